The third kappa shape index (κ3) is 5.00. The summed E-state index contributed by atoms with van der Waals surface area (Å²) in [6, 6.07) is 12.3. The van der Waals surface area contributed by atoms with Gasteiger partial charge in [0.2, 0.25) is 12.7 Å². The van der Waals surface area contributed by atoms with E-state index in [0.717, 1.165) is 5.76 Å². The normalized spacial score (nSPS) is 11.9. The predicted molar refractivity (Wildman–Crippen MR) is 115 cm³/mol. The quantitative estimate of drug-likeness (QED) is 0.561. The largest absolute Gasteiger partial charge is 0.464 e. The topological polar surface area (TPSA) is 93.9 Å². The summed E-state index contributed by atoms with van der Waals surface area (Å²) in [5.74, 6) is 2.44. The zero-order valence-corrected chi connectivity index (χ0v) is 17.9. The monoisotopic (exact) mass is 439 g/mol. The molecule has 9 heteroatoms. The van der Waals surface area contributed by atoms with E-state index in [0.29, 0.717) is 40.1 Å². The minimum Gasteiger partial charge on any atom is -0.464 e. The van der Waals surface area contributed by atoms with E-state index in [1.54, 1.807) is 48.5 Å². The number of fused-ring (bicyclic) bond motifs is 1. The molecule has 2 amide bonds. The number of nitrogens with one attached hydrogen (secondary N) is 1. The predicted octanol–water partition coefficient (Wildman–Crippen LogP) is 3.71. The lowest BCUT2D eigenvalue weighted by molar-refractivity contribution is -0.113. The van der Waals surface area contributed by atoms with Crippen LogP contribution >= 0.6 is 11.8 Å². The first-order chi connectivity index (χ1) is 15.0. The molecule has 160 valence electrons. The highest BCUT2D eigenvalue weighted by Crippen LogP contribution is 2.34. The third-order valence-electron chi connectivity index (χ3n) is 4.53. The fraction of sp³-hybridized carbons (Fsp3) is 0.227. The van der Waals surface area contributed by atoms with E-state index >= 15 is 0 Å². The Morgan fingerprint density at radius 3 is 2.81 bits per heavy atom. The second-order valence-electron chi connectivity index (χ2n) is 6.93. The zero-order chi connectivity index (χ0) is 21.8. The van der Waals surface area contributed by atoms with Gasteiger partial charge < -0.3 is 24.1 Å². The number of carbonyl (C=O) groups excluding carboxylic acids is 2. The Kier molecular flexibility index (Phi) is 6.13. The fourth-order valence-electron chi connectivity index (χ4n) is 3.06. The van der Waals surface area contributed by atoms with Crippen LogP contribution in [0.5, 0.6) is 11.5 Å². The van der Waals surface area contributed by atoms with Crippen LogP contribution in [-0.4, -0.2) is 41.3 Å². The molecule has 31 heavy (non-hydrogen) atoms. The molecule has 0 bridgehead atoms. The molecular formula is C22H21N3O5S. The second kappa shape index (κ2) is 9.13. The molecular weight excluding hydrogens is 418 g/mol. The van der Waals surface area contributed by atoms with Crippen LogP contribution in [0.15, 0.2) is 58.1 Å². The summed E-state index contributed by atoms with van der Waals surface area (Å²) in [6.07, 6.45) is 1.60. The number of carbonyl (C=O) groups is 2. The van der Waals surface area contributed by atoms with Crippen LogP contribution in [0.1, 0.15) is 21.9 Å². The molecule has 0 atom stereocenters. The summed E-state index contributed by atoms with van der Waals surface area (Å²) in [5.41, 5.74) is 1.05. The van der Waals surface area contributed by atoms with Crippen LogP contribution in [0, 0.1) is 6.92 Å². The van der Waals surface area contributed by atoms with Gasteiger partial charge in [0.1, 0.15) is 16.5 Å². The van der Waals surface area contributed by atoms with Crippen molar-refractivity contribution in [1.82, 2.24) is 9.88 Å². The summed E-state index contributed by atoms with van der Waals surface area (Å²) >= 11 is 1.21. The summed E-state index contributed by atoms with van der Waals surface area (Å²) in [5, 5.41) is 3.31. The summed E-state index contributed by atoms with van der Waals surface area (Å²) in [7, 11) is 1.70. The van der Waals surface area contributed by atoms with Crippen LogP contribution in [0.2, 0.25) is 0 Å². The van der Waals surface area contributed by atoms with Crippen molar-refractivity contribution < 1.29 is 23.5 Å². The molecule has 3 heterocycles. The Bertz CT molecular complexity index is 1110. The van der Waals surface area contributed by atoms with Crippen LogP contribution < -0.4 is 14.8 Å². The molecule has 1 N–H and O–H groups in total. The number of thioether (sulfide) groups is 1. The first kappa shape index (κ1) is 20.8. The Labute approximate surface area is 183 Å². The Morgan fingerprint density at radius 2 is 2.00 bits per heavy atom. The van der Waals surface area contributed by atoms with Crippen molar-refractivity contribution in [3.8, 4) is 11.5 Å². The van der Waals surface area contributed by atoms with Gasteiger partial charge in [0.25, 0.3) is 5.91 Å². The molecule has 4 rings (SSSR count). The molecule has 8 nitrogen and oxygen atoms in total. The van der Waals surface area contributed by atoms with Gasteiger partial charge >= 0.3 is 0 Å². The zero-order valence-electron chi connectivity index (χ0n) is 17.1. The fourth-order valence-corrected chi connectivity index (χ4v) is 3.84. The number of pyridine rings is 1. The number of furan rings is 1. The molecule has 1 aromatic carbocycles. The number of nitrogens with zero attached hydrogens (tertiary/aromatic N) is 2. The molecule has 0 fully saturated rings. The number of benzene rings is 1. The van der Waals surface area contributed by atoms with Crippen molar-refractivity contribution in [1.29, 1.82) is 0 Å². The highest BCUT2D eigenvalue weighted by molar-refractivity contribution is 8.00. The number of aromatic nitrogens is 1. The SMILES string of the molecule is Cc1ccc(CN(C)C(=O)c2cccnc2SCC(=O)Nc2ccc3c(c2)OCO3)o1. The molecule has 3 aromatic rings. The highest BCUT2D eigenvalue weighted by Gasteiger charge is 2.19. The maximum absolute atomic E-state index is 12.9. The van der Waals surface area contributed by atoms with Crippen molar-refractivity contribution in [2.45, 2.75) is 18.5 Å². The van der Waals surface area contributed by atoms with E-state index in [9.17, 15) is 9.59 Å². The maximum Gasteiger partial charge on any atom is 0.256 e. The van der Waals surface area contributed by atoms with E-state index < -0.39 is 0 Å². The van der Waals surface area contributed by atoms with Crippen LogP contribution in [0.4, 0.5) is 5.69 Å². The van der Waals surface area contributed by atoms with Crippen LogP contribution in [0.25, 0.3) is 0 Å². The van der Waals surface area contributed by atoms with Gasteiger partial charge in [-0.25, -0.2) is 4.98 Å². The van der Waals surface area contributed by atoms with E-state index in [-0.39, 0.29) is 24.4 Å². The number of aryl methyl sites for hydroxylation is 1. The van der Waals surface area contributed by atoms with E-state index in [1.165, 1.54) is 11.8 Å². The van der Waals surface area contributed by atoms with Crippen molar-refractivity contribution in [2.24, 2.45) is 0 Å². The molecule has 1 aliphatic rings. The van der Waals surface area contributed by atoms with E-state index in [4.69, 9.17) is 13.9 Å². The lowest BCUT2D eigenvalue weighted by Crippen LogP contribution is -2.26. The third-order valence-corrected chi connectivity index (χ3v) is 5.54. The van der Waals surface area contributed by atoms with Crippen molar-refractivity contribution in [2.75, 3.05) is 24.9 Å². The highest BCUT2D eigenvalue weighted by atomic mass is 32.2. The Hall–Kier alpha value is -3.46. The summed E-state index contributed by atoms with van der Waals surface area (Å²) < 4.78 is 16.1. The lowest BCUT2D eigenvalue weighted by Gasteiger charge is -2.17. The van der Waals surface area contributed by atoms with Crippen molar-refractivity contribution >= 4 is 29.3 Å². The first-order valence-electron chi connectivity index (χ1n) is 9.57. The molecule has 0 radical (unpaired) electrons. The minimum absolute atomic E-state index is 0.104. The average Bonchev–Trinajstić information content (AvgIpc) is 3.40. The molecule has 0 aliphatic carbocycles. The van der Waals surface area contributed by atoms with Gasteiger partial charge in [0.05, 0.1) is 17.9 Å². The van der Waals surface area contributed by atoms with Crippen molar-refractivity contribution in [3.63, 3.8) is 0 Å². The van der Waals surface area contributed by atoms with Gasteiger partial charge in [-0.3, -0.25) is 9.59 Å². The lowest BCUT2D eigenvalue weighted by atomic mass is 10.2. The van der Waals surface area contributed by atoms with Crippen LogP contribution in [-0.2, 0) is 11.3 Å². The minimum atomic E-state index is -0.215. The smallest absolute Gasteiger partial charge is 0.256 e. The number of ether oxygens (including phenoxy) is 2. The molecule has 0 spiro atoms. The number of anilines is 1. The molecule has 0 saturated heterocycles. The number of hydrogen-bond acceptors (Lipinski definition) is 7. The van der Waals surface area contributed by atoms with Gasteiger partial charge in [-0.2, -0.15) is 0 Å². The Balaban J connectivity index is 1.37. The molecule has 0 saturated carbocycles. The van der Waals surface area contributed by atoms with Gasteiger partial charge in [-0.05, 0) is 43.3 Å². The maximum atomic E-state index is 12.9. The number of amides is 2. The Morgan fingerprint density at radius 1 is 1.16 bits per heavy atom. The van der Waals surface area contributed by atoms with Gasteiger partial charge in [-0.15, -0.1) is 0 Å². The average molecular weight is 439 g/mol. The summed E-state index contributed by atoms with van der Waals surface area (Å²) in [6.45, 7) is 2.37. The van der Waals surface area contributed by atoms with E-state index in [1.807, 2.05) is 19.1 Å². The van der Waals surface area contributed by atoms with Gasteiger partial charge in [0.15, 0.2) is 11.5 Å². The molecule has 0 unspecified atom stereocenters. The standard InChI is InChI=1S/C22H21N3O5S/c1-14-5-7-16(30-14)11-25(2)22(27)17-4-3-9-23-21(17)31-12-20(26)24-15-6-8-18-19(10-15)29-13-28-18/h3-10H,11-13H2,1-2H3,(H,24,26). The van der Waals surface area contributed by atoms with E-state index in [2.05, 4.69) is 10.3 Å². The molecule has 1 aliphatic heterocycles. The van der Waals surface area contributed by atoms with Crippen LogP contribution in [0.3, 0.4) is 0 Å². The van der Waals surface area contributed by atoms with Crippen molar-refractivity contribution in [3.05, 3.63) is 65.7 Å². The first-order valence-corrected chi connectivity index (χ1v) is 10.6. The number of hydrogen-bond donors (Lipinski definition) is 1. The number of rotatable bonds is 7. The molecule has 2 aromatic heterocycles. The second-order valence-corrected chi connectivity index (χ2v) is 7.90. The summed E-state index contributed by atoms with van der Waals surface area (Å²) in [4.78, 5) is 31.2. The van der Waals surface area contributed by atoms with Gasteiger partial charge in [-0.1, -0.05) is 11.8 Å². The van der Waals surface area contributed by atoms with Gasteiger partial charge in [0, 0.05) is 25.0 Å².